The van der Waals surface area contributed by atoms with Crippen molar-refractivity contribution in [2.75, 3.05) is 11.5 Å². The average molecular weight is 406 g/mol. The van der Waals surface area contributed by atoms with E-state index in [-0.39, 0.29) is 24.3 Å². The van der Waals surface area contributed by atoms with Crippen molar-refractivity contribution in [2.24, 2.45) is 0 Å². The number of anilines is 1. The van der Waals surface area contributed by atoms with Crippen molar-refractivity contribution < 1.29 is 18.7 Å². The number of halogens is 1. The summed E-state index contributed by atoms with van der Waals surface area (Å²) in [5, 5.41) is 0. The van der Waals surface area contributed by atoms with Crippen LogP contribution in [0, 0.1) is 0 Å². The third-order valence-electron chi connectivity index (χ3n) is 4.34. The molecule has 5 nitrogen and oxygen atoms in total. The minimum Gasteiger partial charge on any atom is -0.450 e. The number of amides is 1. The molecule has 0 spiro atoms. The van der Waals surface area contributed by atoms with E-state index in [9.17, 15) is 9.59 Å². The van der Waals surface area contributed by atoms with Crippen LogP contribution < -0.4 is 4.90 Å². The van der Waals surface area contributed by atoms with Crippen LogP contribution >= 0.6 is 15.9 Å². The Balaban J connectivity index is 1.69. The van der Waals surface area contributed by atoms with Crippen LogP contribution in [0.15, 0.2) is 51.6 Å². The zero-order chi connectivity index (χ0) is 17.6. The van der Waals surface area contributed by atoms with E-state index in [2.05, 4.69) is 15.9 Å². The summed E-state index contributed by atoms with van der Waals surface area (Å²) in [5.41, 5.74) is 0.844. The molecule has 25 heavy (non-hydrogen) atoms. The van der Waals surface area contributed by atoms with Gasteiger partial charge in [-0.3, -0.25) is 4.79 Å². The molecule has 6 heteroatoms. The Hall–Kier alpha value is -2.08. The van der Waals surface area contributed by atoms with Crippen molar-refractivity contribution in [3.05, 3.63) is 52.9 Å². The number of esters is 1. The van der Waals surface area contributed by atoms with Gasteiger partial charge in [0.2, 0.25) is 5.76 Å². The van der Waals surface area contributed by atoms with Crippen molar-refractivity contribution in [1.29, 1.82) is 0 Å². The summed E-state index contributed by atoms with van der Waals surface area (Å²) in [7, 11) is 0. The molecule has 2 aromatic rings. The Morgan fingerprint density at radius 3 is 2.44 bits per heavy atom. The molecule has 0 unspecified atom stereocenters. The summed E-state index contributed by atoms with van der Waals surface area (Å²) >= 11 is 3.14. The van der Waals surface area contributed by atoms with Gasteiger partial charge in [-0.1, -0.05) is 37.5 Å². The normalized spacial score (nSPS) is 14.9. The predicted molar refractivity (Wildman–Crippen MR) is 97.5 cm³/mol. The number of ether oxygens (including phenoxy) is 1. The molecule has 1 saturated carbocycles. The zero-order valence-corrected chi connectivity index (χ0v) is 15.4. The number of para-hydroxylation sites is 1. The van der Waals surface area contributed by atoms with Gasteiger partial charge in [-0.15, -0.1) is 0 Å². The molecule has 1 aliphatic carbocycles. The van der Waals surface area contributed by atoms with Crippen molar-refractivity contribution >= 4 is 33.5 Å². The van der Waals surface area contributed by atoms with E-state index >= 15 is 0 Å². The maximum Gasteiger partial charge on any atom is 0.374 e. The number of rotatable bonds is 5. The largest absolute Gasteiger partial charge is 0.450 e. The predicted octanol–water partition coefficient (Wildman–Crippen LogP) is 4.56. The topological polar surface area (TPSA) is 59.8 Å². The first-order valence-corrected chi connectivity index (χ1v) is 9.24. The second kappa shape index (κ2) is 8.34. The van der Waals surface area contributed by atoms with Gasteiger partial charge in [-0.2, -0.15) is 0 Å². The molecule has 0 aliphatic heterocycles. The van der Waals surface area contributed by atoms with Gasteiger partial charge in [-0.25, -0.2) is 4.79 Å². The molecule has 0 atom stereocenters. The Morgan fingerprint density at radius 1 is 1.08 bits per heavy atom. The van der Waals surface area contributed by atoms with E-state index in [0.29, 0.717) is 4.67 Å². The maximum atomic E-state index is 12.8. The Bertz CT molecular complexity index is 722. The lowest BCUT2D eigenvalue weighted by Gasteiger charge is -2.34. The Morgan fingerprint density at radius 2 is 1.80 bits per heavy atom. The highest BCUT2D eigenvalue weighted by Gasteiger charge is 2.27. The number of carbonyl (C=O) groups is 2. The van der Waals surface area contributed by atoms with Crippen LogP contribution in [0.4, 0.5) is 5.69 Å². The van der Waals surface area contributed by atoms with Crippen LogP contribution in [-0.2, 0) is 9.53 Å². The second-order valence-electron chi connectivity index (χ2n) is 6.07. The van der Waals surface area contributed by atoms with Crippen LogP contribution in [0.3, 0.4) is 0 Å². The van der Waals surface area contributed by atoms with Gasteiger partial charge in [-0.05, 0) is 53.0 Å². The maximum absolute atomic E-state index is 12.8. The molecule has 1 fully saturated rings. The molecule has 132 valence electrons. The van der Waals surface area contributed by atoms with Gasteiger partial charge in [0.25, 0.3) is 5.91 Å². The minimum atomic E-state index is -0.643. The smallest absolute Gasteiger partial charge is 0.374 e. The van der Waals surface area contributed by atoms with E-state index in [0.717, 1.165) is 31.4 Å². The molecule has 3 rings (SSSR count). The number of hydrogen-bond acceptors (Lipinski definition) is 4. The molecular formula is C19H20BrNO4. The molecule has 0 N–H and O–H groups in total. The fourth-order valence-electron chi connectivity index (χ4n) is 3.18. The van der Waals surface area contributed by atoms with E-state index in [1.54, 1.807) is 11.0 Å². The van der Waals surface area contributed by atoms with Gasteiger partial charge >= 0.3 is 5.97 Å². The number of furan rings is 1. The Kier molecular flexibility index (Phi) is 5.91. The summed E-state index contributed by atoms with van der Waals surface area (Å²) in [5.74, 6) is -0.781. The van der Waals surface area contributed by atoms with E-state index in [4.69, 9.17) is 9.15 Å². The lowest BCUT2D eigenvalue weighted by Crippen LogP contribution is -2.43. The van der Waals surface area contributed by atoms with Crippen molar-refractivity contribution in [1.82, 2.24) is 0 Å². The van der Waals surface area contributed by atoms with Crippen molar-refractivity contribution in [3.8, 4) is 0 Å². The standard InChI is InChI=1S/C19H20BrNO4/c20-17-12-11-16(25-17)19(23)24-13-18(22)21(14-7-3-1-4-8-14)15-9-5-2-6-10-15/h1,3-4,7-8,11-12,15H,2,5-6,9-10,13H2. The highest BCUT2D eigenvalue weighted by Crippen LogP contribution is 2.27. The van der Waals surface area contributed by atoms with Crippen LogP contribution in [-0.4, -0.2) is 24.5 Å². The summed E-state index contributed by atoms with van der Waals surface area (Å²) in [4.78, 5) is 26.6. The van der Waals surface area contributed by atoms with Gasteiger partial charge in [0.05, 0.1) is 0 Å². The van der Waals surface area contributed by atoms with Crippen LogP contribution in [0.2, 0.25) is 0 Å². The molecule has 0 saturated heterocycles. The van der Waals surface area contributed by atoms with Crippen LogP contribution in [0.25, 0.3) is 0 Å². The first kappa shape index (κ1) is 17.7. The van der Waals surface area contributed by atoms with Crippen molar-refractivity contribution in [2.45, 2.75) is 38.1 Å². The van der Waals surface area contributed by atoms with Crippen LogP contribution in [0.1, 0.15) is 42.7 Å². The average Bonchev–Trinajstić information content (AvgIpc) is 3.08. The molecule has 1 aromatic heterocycles. The number of carbonyl (C=O) groups excluding carboxylic acids is 2. The zero-order valence-electron chi connectivity index (χ0n) is 13.8. The highest BCUT2D eigenvalue weighted by molar-refractivity contribution is 9.10. The second-order valence-corrected chi connectivity index (χ2v) is 6.85. The van der Waals surface area contributed by atoms with Gasteiger partial charge in [0.1, 0.15) is 0 Å². The first-order valence-electron chi connectivity index (χ1n) is 8.45. The summed E-state index contributed by atoms with van der Waals surface area (Å²) in [6, 6.07) is 12.8. The molecule has 0 radical (unpaired) electrons. The molecule has 1 amide bonds. The molecule has 1 aromatic carbocycles. The quantitative estimate of drug-likeness (QED) is 0.683. The van der Waals surface area contributed by atoms with Crippen molar-refractivity contribution in [3.63, 3.8) is 0 Å². The Labute approximate surface area is 155 Å². The molecule has 1 aliphatic rings. The van der Waals surface area contributed by atoms with Gasteiger partial charge < -0.3 is 14.1 Å². The molecule has 0 bridgehead atoms. The third kappa shape index (κ3) is 4.51. The van der Waals surface area contributed by atoms with Gasteiger partial charge in [0, 0.05) is 11.7 Å². The molecular weight excluding hydrogens is 386 g/mol. The summed E-state index contributed by atoms with van der Waals surface area (Å²) < 4.78 is 10.8. The lowest BCUT2D eigenvalue weighted by atomic mass is 9.93. The minimum absolute atomic E-state index is 0.0728. The van der Waals surface area contributed by atoms with E-state index in [1.807, 2.05) is 30.3 Å². The number of benzene rings is 1. The number of nitrogens with zero attached hydrogens (tertiary/aromatic N) is 1. The van der Waals surface area contributed by atoms with E-state index in [1.165, 1.54) is 12.5 Å². The monoisotopic (exact) mass is 405 g/mol. The first-order chi connectivity index (χ1) is 12.1. The SMILES string of the molecule is O=C(OCC(=O)N(c1ccccc1)C1CCCCC1)c1ccc(Br)o1. The number of hydrogen-bond donors (Lipinski definition) is 0. The third-order valence-corrected chi connectivity index (χ3v) is 4.77. The fraction of sp³-hybridized carbons (Fsp3) is 0.368. The molecule has 1 heterocycles. The summed E-state index contributed by atoms with van der Waals surface area (Å²) in [6.07, 6.45) is 5.37. The fourth-order valence-corrected chi connectivity index (χ4v) is 3.48. The lowest BCUT2D eigenvalue weighted by molar-refractivity contribution is -0.122. The van der Waals surface area contributed by atoms with Crippen LogP contribution in [0.5, 0.6) is 0 Å². The highest BCUT2D eigenvalue weighted by atomic mass is 79.9. The summed E-state index contributed by atoms with van der Waals surface area (Å²) in [6.45, 7) is -0.303. The van der Waals surface area contributed by atoms with E-state index < -0.39 is 5.97 Å². The van der Waals surface area contributed by atoms with Gasteiger partial charge in [0.15, 0.2) is 11.3 Å².